The van der Waals surface area contributed by atoms with Crippen molar-refractivity contribution in [1.29, 1.82) is 0 Å². The summed E-state index contributed by atoms with van der Waals surface area (Å²) in [4.78, 5) is 16.5. The Hall–Kier alpha value is -2.43. The minimum Gasteiger partial charge on any atom is -0.338 e. The number of imidazole rings is 1. The van der Waals surface area contributed by atoms with Gasteiger partial charge >= 0.3 is 0 Å². The molecule has 0 atom stereocenters. The summed E-state index contributed by atoms with van der Waals surface area (Å²) in [5, 5.41) is 1.00. The quantitative estimate of drug-likeness (QED) is 0.531. The van der Waals surface area contributed by atoms with Crippen molar-refractivity contribution in [3.63, 3.8) is 0 Å². The van der Waals surface area contributed by atoms with Crippen LogP contribution in [0.5, 0.6) is 0 Å². The summed E-state index contributed by atoms with van der Waals surface area (Å²) >= 11 is 12.1. The lowest BCUT2D eigenvalue weighted by atomic mass is 10.1. The van der Waals surface area contributed by atoms with Crippen LogP contribution >= 0.6 is 23.2 Å². The molecule has 4 aromatic rings. The number of H-pyrrole nitrogens is 1. The summed E-state index contributed by atoms with van der Waals surface area (Å²) < 4.78 is 0. The Morgan fingerprint density at radius 3 is 2.29 bits per heavy atom. The largest absolute Gasteiger partial charge is 0.338 e. The molecule has 2 heterocycles. The zero-order valence-corrected chi connectivity index (χ0v) is 14.2. The number of rotatable bonds is 2. The molecule has 0 fully saturated rings. The van der Waals surface area contributed by atoms with E-state index in [2.05, 4.69) is 19.9 Å². The van der Waals surface area contributed by atoms with Gasteiger partial charge in [0.25, 0.3) is 0 Å². The van der Waals surface area contributed by atoms with E-state index >= 15 is 0 Å². The van der Waals surface area contributed by atoms with Crippen LogP contribution in [0.15, 0.2) is 48.8 Å². The third-order valence-electron chi connectivity index (χ3n) is 3.84. The molecule has 2 aromatic carbocycles. The first-order valence-corrected chi connectivity index (χ1v) is 8.10. The lowest BCUT2D eigenvalue weighted by Crippen LogP contribution is -1.90. The number of nitrogens with one attached hydrogen (secondary N) is 1. The Kier molecular flexibility index (Phi) is 3.71. The highest BCUT2D eigenvalue weighted by molar-refractivity contribution is 6.42. The van der Waals surface area contributed by atoms with Crippen LogP contribution < -0.4 is 0 Å². The molecule has 0 amide bonds. The summed E-state index contributed by atoms with van der Waals surface area (Å²) in [7, 11) is 0. The van der Waals surface area contributed by atoms with Crippen molar-refractivity contribution in [3.8, 4) is 22.6 Å². The molecule has 4 nitrogen and oxygen atoms in total. The van der Waals surface area contributed by atoms with Gasteiger partial charge in [0.05, 0.1) is 32.5 Å². The Morgan fingerprint density at radius 1 is 0.875 bits per heavy atom. The Morgan fingerprint density at radius 2 is 1.54 bits per heavy atom. The van der Waals surface area contributed by atoms with Crippen LogP contribution in [0.3, 0.4) is 0 Å². The number of hydrogen-bond acceptors (Lipinski definition) is 3. The normalized spacial score (nSPS) is 11.1. The molecular formula is C18H12Cl2N4. The number of fused-ring (bicyclic) bond motifs is 1. The van der Waals surface area contributed by atoms with Crippen LogP contribution in [0.4, 0.5) is 0 Å². The van der Waals surface area contributed by atoms with Gasteiger partial charge in [-0.15, -0.1) is 0 Å². The molecule has 6 heteroatoms. The number of benzene rings is 2. The monoisotopic (exact) mass is 354 g/mol. The average molecular weight is 355 g/mol. The first-order chi connectivity index (χ1) is 11.6. The molecule has 0 aliphatic carbocycles. The minimum absolute atomic E-state index is 0.496. The van der Waals surface area contributed by atoms with Crippen molar-refractivity contribution in [2.24, 2.45) is 0 Å². The van der Waals surface area contributed by atoms with E-state index in [1.807, 2.05) is 31.2 Å². The van der Waals surface area contributed by atoms with Crippen molar-refractivity contribution >= 4 is 34.2 Å². The molecular weight excluding hydrogens is 343 g/mol. The van der Waals surface area contributed by atoms with E-state index in [0.717, 1.165) is 39.4 Å². The van der Waals surface area contributed by atoms with Gasteiger partial charge in [-0.2, -0.15) is 0 Å². The van der Waals surface area contributed by atoms with Crippen LogP contribution in [-0.4, -0.2) is 19.9 Å². The predicted octanol–water partition coefficient (Wildman–Crippen LogP) is 5.30. The summed E-state index contributed by atoms with van der Waals surface area (Å²) in [5.41, 5.74) is 5.42. The fourth-order valence-electron chi connectivity index (χ4n) is 2.62. The minimum atomic E-state index is 0.496. The van der Waals surface area contributed by atoms with E-state index in [0.29, 0.717) is 10.0 Å². The van der Waals surface area contributed by atoms with Crippen LogP contribution in [-0.2, 0) is 0 Å². The summed E-state index contributed by atoms with van der Waals surface area (Å²) in [5.74, 6) is 0.769. The second-order valence-electron chi connectivity index (χ2n) is 5.44. The summed E-state index contributed by atoms with van der Waals surface area (Å²) in [6.45, 7) is 1.95. The first kappa shape index (κ1) is 15.1. The SMILES string of the molecule is Cc1nccnc1-c1ccc(-c2nc3cc(Cl)c(Cl)cc3[nH]2)cc1. The zero-order chi connectivity index (χ0) is 16.7. The number of aromatic nitrogens is 4. The van der Waals surface area contributed by atoms with E-state index < -0.39 is 0 Å². The topological polar surface area (TPSA) is 54.5 Å². The molecule has 2 aromatic heterocycles. The van der Waals surface area contributed by atoms with Crippen molar-refractivity contribution < 1.29 is 0 Å². The number of halogens is 2. The lowest BCUT2D eigenvalue weighted by Gasteiger charge is -2.04. The Bertz CT molecular complexity index is 1000. The van der Waals surface area contributed by atoms with Crippen LogP contribution in [0.2, 0.25) is 10.0 Å². The van der Waals surface area contributed by atoms with Crippen molar-refractivity contribution in [3.05, 3.63) is 64.5 Å². The molecule has 0 aliphatic rings. The molecule has 0 bridgehead atoms. The lowest BCUT2D eigenvalue weighted by molar-refractivity contribution is 1.12. The highest BCUT2D eigenvalue weighted by Crippen LogP contribution is 2.29. The Labute approximate surface area is 148 Å². The molecule has 0 radical (unpaired) electrons. The number of aryl methyl sites for hydroxylation is 1. The van der Waals surface area contributed by atoms with Crippen molar-refractivity contribution in [2.45, 2.75) is 6.92 Å². The van der Waals surface area contributed by atoms with E-state index in [1.54, 1.807) is 24.5 Å². The van der Waals surface area contributed by atoms with Gasteiger partial charge in [0.2, 0.25) is 0 Å². The molecule has 4 rings (SSSR count). The highest BCUT2D eigenvalue weighted by Gasteiger charge is 2.09. The zero-order valence-electron chi connectivity index (χ0n) is 12.7. The molecule has 24 heavy (non-hydrogen) atoms. The molecule has 118 valence electrons. The Balaban J connectivity index is 1.74. The predicted molar refractivity (Wildman–Crippen MR) is 97.3 cm³/mol. The standard InChI is InChI=1S/C18H12Cl2N4/c1-10-17(22-7-6-21-10)11-2-4-12(5-3-11)18-23-15-8-13(19)14(20)9-16(15)24-18/h2-9H,1H3,(H,23,24). The van der Waals surface area contributed by atoms with Crippen LogP contribution in [0.25, 0.3) is 33.7 Å². The first-order valence-electron chi connectivity index (χ1n) is 7.35. The van der Waals surface area contributed by atoms with Gasteiger partial charge in [0, 0.05) is 23.5 Å². The maximum absolute atomic E-state index is 6.05. The molecule has 0 saturated carbocycles. The second kappa shape index (κ2) is 5.89. The third-order valence-corrected chi connectivity index (χ3v) is 4.56. The van der Waals surface area contributed by atoms with Gasteiger partial charge in [-0.1, -0.05) is 47.5 Å². The average Bonchev–Trinajstić information content (AvgIpc) is 2.99. The maximum atomic E-state index is 6.05. The van der Waals surface area contributed by atoms with E-state index in [9.17, 15) is 0 Å². The highest BCUT2D eigenvalue weighted by atomic mass is 35.5. The number of aromatic amines is 1. The van der Waals surface area contributed by atoms with E-state index in [-0.39, 0.29) is 0 Å². The third kappa shape index (κ3) is 2.64. The number of nitrogens with zero attached hydrogens (tertiary/aromatic N) is 3. The van der Waals surface area contributed by atoms with E-state index in [4.69, 9.17) is 23.2 Å². The summed E-state index contributed by atoms with van der Waals surface area (Å²) in [6.07, 6.45) is 3.39. The van der Waals surface area contributed by atoms with Gasteiger partial charge in [0.1, 0.15) is 5.82 Å². The molecule has 0 spiro atoms. The van der Waals surface area contributed by atoms with Gasteiger partial charge in [-0.25, -0.2) is 4.98 Å². The van der Waals surface area contributed by atoms with Crippen molar-refractivity contribution in [1.82, 2.24) is 19.9 Å². The molecule has 0 unspecified atom stereocenters. The van der Waals surface area contributed by atoms with E-state index in [1.165, 1.54) is 0 Å². The number of hydrogen-bond donors (Lipinski definition) is 1. The second-order valence-corrected chi connectivity index (χ2v) is 6.25. The van der Waals surface area contributed by atoms with Gasteiger partial charge < -0.3 is 4.98 Å². The fourth-order valence-corrected chi connectivity index (χ4v) is 2.94. The molecule has 0 aliphatic heterocycles. The van der Waals surface area contributed by atoms with Gasteiger partial charge in [-0.05, 0) is 19.1 Å². The molecule has 0 saturated heterocycles. The smallest absolute Gasteiger partial charge is 0.138 e. The van der Waals surface area contributed by atoms with Crippen LogP contribution in [0, 0.1) is 6.92 Å². The van der Waals surface area contributed by atoms with Gasteiger partial charge in [0.15, 0.2) is 0 Å². The summed E-state index contributed by atoms with van der Waals surface area (Å²) in [6, 6.07) is 11.6. The molecule has 1 N–H and O–H groups in total. The van der Waals surface area contributed by atoms with Crippen molar-refractivity contribution in [2.75, 3.05) is 0 Å². The van der Waals surface area contributed by atoms with Crippen LogP contribution in [0.1, 0.15) is 5.69 Å². The van der Waals surface area contributed by atoms with Gasteiger partial charge in [-0.3, -0.25) is 9.97 Å². The maximum Gasteiger partial charge on any atom is 0.138 e. The fraction of sp³-hybridized carbons (Fsp3) is 0.0556.